The van der Waals surface area contributed by atoms with Gasteiger partial charge in [0.05, 0.1) is 24.0 Å². The predicted octanol–water partition coefficient (Wildman–Crippen LogP) is 2.56. The molecule has 1 aromatic carbocycles. The van der Waals surface area contributed by atoms with Gasteiger partial charge in [-0.05, 0) is 24.6 Å². The third-order valence-corrected chi connectivity index (χ3v) is 3.31. The minimum Gasteiger partial charge on any atom is -0.495 e. The van der Waals surface area contributed by atoms with Crippen LogP contribution in [0.15, 0.2) is 17.0 Å². The molecule has 0 atom stereocenters. The summed E-state index contributed by atoms with van der Waals surface area (Å²) >= 11 is 4.03. The lowest BCUT2D eigenvalue weighted by Crippen LogP contribution is -2.25. The van der Waals surface area contributed by atoms with Crippen LogP contribution in [-0.2, 0) is 9.37 Å². The Balaban J connectivity index is 2.98. The van der Waals surface area contributed by atoms with Gasteiger partial charge in [0.15, 0.2) is 0 Å². The molecule has 1 amide bonds. The fourth-order valence-electron chi connectivity index (χ4n) is 1.44. The highest BCUT2D eigenvalue weighted by Gasteiger charge is 2.14. The third kappa shape index (κ3) is 4.66. The van der Waals surface area contributed by atoms with Crippen molar-refractivity contribution in [2.45, 2.75) is 11.8 Å². The van der Waals surface area contributed by atoms with Crippen molar-refractivity contribution in [1.29, 1.82) is 0 Å². The SMILES string of the molecule is COc1cc(C(=O)NCCBr)c(C)cc1SOOO. The first-order chi connectivity index (χ1) is 9.13. The summed E-state index contributed by atoms with van der Waals surface area (Å²) in [7, 11) is 1.48. The maximum Gasteiger partial charge on any atom is 0.251 e. The van der Waals surface area contributed by atoms with Crippen LogP contribution in [0.3, 0.4) is 0 Å². The van der Waals surface area contributed by atoms with Gasteiger partial charge in [-0.3, -0.25) is 4.79 Å². The molecule has 1 aromatic rings. The minimum absolute atomic E-state index is 0.175. The first kappa shape index (κ1) is 16.3. The zero-order chi connectivity index (χ0) is 14.3. The minimum atomic E-state index is -0.175. The maximum absolute atomic E-state index is 11.9. The first-order valence-corrected chi connectivity index (χ1v) is 7.18. The molecule has 0 fully saturated rings. The van der Waals surface area contributed by atoms with Crippen LogP contribution in [0.2, 0.25) is 0 Å². The number of rotatable bonds is 7. The Morgan fingerprint density at radius 2 is 2.26 bits per heavy atom. The number of hydrogen-bond donors (Lipinski definition) is 2. The van der Waals surface area contributed by atoms with Crippen LogP contribution < -0.4 is 10.1 Å². The van der Waals surface area contributed by atoms with Crippen molar-refractivity contribution in [2.24, 2.45) is 0 Å². The summed E-state index contributed by atoms with van der Waals surface area (Å²) in [5, 5.41) is 15.1. The lowest BCUT2D eigenvalue weighted by Gasteiger charge is -2.12. The molecule has 0 unspecified atom stereocenters. The summed E-state index contributed by atoms with van der Waals surface area (Å²) in [5.74, 6) is 0.280. The molecule has 0 radical (unpaired) electrons. The van der Waals surface area contributed by atoms with Gasteiger partial charge in [0, 0.05) is 17.4 Å². The fraction of sp³-hybridized carbons (Fsp3) is 0.364. The molecule has 6 nitrogen and oxygen atoms in total. The van der Waals surface area contributed by atoms with Gasteiger partial charge in [-0.2, -0.15) is 0 Å². The number of carbonyl (C=O) groups excluding carboxylic acids is 1. The second-order valence-electron chi connectivity index (χ2n) is 3.49. The zero-order valence-corrected chi connectivity index (χ0v) is 12.8. The molecule has 0 bridgehead atoms. The number of amides is 1. The van der Waals surface area contributed by atoms with Crippen molar-refractivity contribution >= 4 is 33.9 Å². The van der Waals surface area contributed by atoms with E-state index in [-0.39, 0.29) is 5.91 Å². The molecule has 2 N–H and O–H groups in total. The van der Waals surface area contributed by atoms with Crippen LogP contribution in [0.5, 0.6) is 5.75 Å². The lowest BCUT2D eigenvalue weighted by atomic mass is 10.1. The predicted molar refractivity (Wildman–Crippen MR) is 74.5 cm³/mol. The highest BCUT2D eigenvalue weighted by atomic mass is 79.9. The van der Waals surface area contributed by atoms with Crippen molar-refractivity contribution in [3.63, 3.8) is 0 Å². The molecule has 106 valence electrons. The third-order valence-electron chi connectivity index (χ3n) is 2.29. The number of halogens is 1. The van der Waals surface area contributed by atoms with Crippen LogP contribution in [0, 0.1) is 6.92 Å². The average molecular weight is 352 g/mol. The number of methoxy groups -OCH3 is 1. The normalized spacial score (nSPS) is 10.3. The smallest absolute Gasteiger partial charge is 0.251 e. The Hall–Kier alpha value is -0.800. The summed E-state index contributed by atoms with van der Waals surface area (Å²) in [6.45, 7) is 2.34. The van der Waals surface area contributed by atoms with Crippen LogP contribution in [-0.4, -0.2) is 30.1 Å². The quantitative estimate of drug-likeness (QED) is 0.340. The van der Waals surface area contributed by atoms with E-state index in [0.29, 0.717) is 28.1 Å². The highest BCUT2D eigenvalue weighted by molar-refractivity contribution is 9.09. The number of benzene rings is 1. The maximum atomic E-state index is 11.9. The second-order valence-corrected chi connectivity index (χ2v) is 5.02. The van der Waals surface area contributed by atoms with E-state index in [2.05, 4.69) is 30.6 Å². The second kappa shape index (κ2) is 8.39. The van der Waals surface area contributed by atoms with Crippen molar-refractivity contribution in [3.8, 4) is 5.75 Å². The van der Waals surface area contributed by atoms with E-state index in [4.69, 9.17) is 9.99 Å². The fourth-order valence-corrected chi connectivity index (χ4v) is 2.19. The Bertz CT molecular complexity index is 443. The first-order valence-electron chi connectivity index (χ1n) is 5.31. The summed E-state index contributed by atoms with van der Waals surface area (Å²) in [6, 6.07) is 3.33. The Morgan fingerprint density at radius 1 is 1.53 bits per heavy atom. The van der Waals surface area contributed by atoms with Crippen LogP contribution in [0.4, 0.5) is 0 Å². The summed E-state index contributed by atoms with van der Waals surface area (Å²) in [6.07, 6.45) is 0. The van der Waals surface area contributed by atoms with E-state index in [9.17, 15) is 4.79 Å². The molecule has 0 saturated heterocycles. The van der Waals surface area contributed by atoms with Gasteiger partial charge < -0.3 is 10.1 Å². The summed E-state index contributed by atoms with van der Waals surface area (Å²) in [5.41, 5.74) is 1.28. The number of nitrogens with one attached hydrogen (secondary N) is 1. The number of aryl methyl sites for hydroxylation is 1. The Morgan fingerprint density at radius 3 is 2.84 bits per heavy atom. The largest absolute Gasteiger partial charge is 0.495 e. The molecule has 0 spiro atoms. The van der Waals surface area contributed by atoms with Gasteiger partial charge in [0.1, 0.15) is 5.75 Å². The van der Waals surface area contributed by atoms with Crippen LogP contribution >= 0.6 is 28.0 Å². The van der Waals surface area contributed by atoms with Gasteiger partial charge in [-0.1, -0.05) is 21.0 Å². The number of hydrogen-bond acceptors (Lipinski definition) is 6. The zero-order valence-electron chi connectivity index (χ0n) is 10.4. The molecule has 8 heteroatoms. The molecule has 0 aromatic heterocycles. The van der Waals surface area contributed by atoms with E-state index in [1.54, 1.807) is 19.1 Å². The Labute approximate surface area is 123 Å². The number of carbonyl (C=O) groups is 1. The van der Waals surface area contributed by atoms with Crippen molar-refractivity contribution in [3.05, 3.63) is 23.3 Å². The molecule has 0 aliphatic heterocycles. The van der Waals surface area contributed by atoms with E-state index in [1.165, 1.54) is 7.11 Å². The molecule has 0 aliphatic rings. The summed E-state index contributed by atoms with van der Waals surface area (Å²) < 4.78 is 9.53. The van der Waals surface area contributed by atoms with Gasteiger partial charge in [0.25, 0.3) is 5.91 Å². The van der Waals surface area contributed by atoms with E-state index >= 15 is 0 Å². The average Bonchev–Trinajstić information content (AvgIpc) is 2.42. The van der Waals surface area contributed by atoms with Gasteiger partial charge in [0.2, 0.25) is 0 Å². The van der Waals surface area contributed by atoms with Crippen molar-refractivity contribution in [2.75, 3.05) is 19.0 Å². The molecule has 1 rings (SSSR count). The van der Waals surface area contributed by atoms with Crippen molar-refractivity contribution < 1.29 is 24.2 Å². The van der Waals surface area contributed by atoms with E-state index < -0.39 is 0 Å². The van der Waals surface area contributed by atoms with Crippen LogP contribution in [0.1, 0.15) is 15.9 Å². The lowest BCUT2D eigenvalue weighted by molar-refractivity contribution is -0.432. The highest BCUT2D eigenvalue weighted by Crippen LogP contribution is 2.32. The topological polar surface area (TPSA) is 77.0 Å². The molecular weight excluding hydrogens is 338 g/mol. The van der Waals surface area contributed by atoms with Gasteiger partial charge in [-0.25, -0.2) is 5.26 Å². The monoisotopic (exact) mass is 351 g/mol. The molecule has 19 heavy (non-hydrogen) atoms. The number of ether oxygens (including phenoxy) is 1. The van der Waals surface area contributed by atoms with Crippen molar-refractivity contribution in [1.82, 2.24) is 5.32 Å². The number of alkyl halides is 1. The van der Waals surface area contributed by atoms with Crippen LogP contribution in [0.25, 0.3) is 0 Å². The Kier molecular flexibility index (Phi) is 7.17. The molecule has 0 aliphatic carbocycles. The van der Waals surface area contributed by atoms with E-state index in [0.717, 1.165) is 17.6 Å². The van der Waals surface area contributed by atoms with E-state index in [1.807, 2.05) is 0 Å². The molecule has 0 saturated carbocycles. The summed E-state index contributed by atoms with van der Waals surface area (Å²) in [4.78, 5) is 12.5. The van der Waals surface area contributed by atoms with Gasteiger partial charge >= 0.3 is 0 Å². The molecular formula is C11H14BrNO5S. The molecule has 0 heterocycles. The van der Waals surface area contributed by atoms with Gasteiger partial charge in [-0.15, -0.1) is 4.33 Å². The standard InChI is InChI=1S/C11H14BrNO5S/c1-7-5-10(19-18-17-15)9(16-2)6-8(7)11(14)13-4-3-12/h5-6,15H,3-4H2,1-2H3,(H,13,14).